The van der Waals surface area contributed by atoms with Gasteiger partial charge in [-0.05, 0) is 5.56 Å². The van der Waals surface area contributed by atoms with Crippen LogP contribution in [0.4, 0.5) is 5.69 Å². The molecule has 1 atom stereocenters. The summed E-state index contributed by atoms with van der Waals surface area (Å²) >= 11 is 0. The molecule has 0 radical (unpaired) electrons. The van der Waals surface area contributed by atoms with Gasteiger partial charge in [0.2, 0.25) is 0 Å². The number of carbonyl (C=O) groups excluding carboxylic acids is 2. The van der Waals surface area contributed by atoms with Crippen molar-refractivity contribution in [3.8, 4) is 0 Å². The topological polar surface area (TPSA) is 110 Å². The van der Waals surface area contributed by atoms with Gasteiger partial charge in [0.25, 0.3) is 17.4 Å². The summed E-state index contributed by atoms with van der Waals surface area (Å²) in [6.07, 6.45) is 0. The number of hydrogen-bond donors (Lipinski definition) is 2. The summed E-state index contributed by atoms with van der Waals surface area (Å²) in [6.45, 7) is 0. The molecule has 7 heteroatoms. The van der Waals surface area contributed by atoms with Crippen molar-refractivity contribution in [3.05, 3.63) is 81.4 Å². The normalized spacial score (nSPS) is 19.1. The smallest absolute Gasteiger partial charge is 0.293 e. The van der Waals surface area contributed by atoms with E-state index in [0.717, 1.165) is 0 Å². The molecule has 1 heterocycles. The Morgan fingerprint density at radius 1 is 1.08 bits per heavy atom. The summed E-state index contributed by atoms with van der Waals surface area (Å²) in [5, 5.41) is 23.8. The summed E-state index contributed by atoms with van der Waals surface area (Å²) in [7, 11) is 0. The second-order valence-electron chi connectivity index (χ2n) is 5.22. The van der Waals surface area contributed by atoms with E-state index < -0.39 is 22.7 Å². The Bertz CT molecular complexity index is 874. The number of aliphatic hydroxyl groups is 1. The van der Waals surface area contributed by atoms with E-state index >= 15 is 0 Å². The Labute approximate surface area is 136 Å². The van der Waals surface area contributed by atoms with E-state index in [9.17, 15) is 24.8 Å². The fourth-order valence-electron chi connectivity index (χ4n) is 2.59. The zero-order valence-electron chi connectivity index (χ0n) is 12.3. The Morgan fingerprint density at radius 2 is 1.79 bits per heavy atom. The first-order chi connectivity index (χ1) is 11.5. The minimum absolute atomic E-state index is 0.119. The molecule has 1 aliphatic rings. The van der Waals surface area contributed by atoms with E-state index in [4.69, 9.17) is 0 Å². The molecule has 1 aliphatic heterocycles. The Hall–Kier alpha value is -3.48. The number of nitro groups is 1. The van der Waals surface area contributed by atoms with E-state index in [2.05, 4.69) is 5.32 Å². The first-order valence-electron chi connectivity index (χ1n) is 7.07. The SMILES string of the molecule is O=C1N[C@@H](c2cccc([N+](=O)[O-])c2)/C(=C(/O)c2ccccc2)C1=O. The molecule has 2 aromatic rings. The van der Waals surface area contributed by atoms with Gasteiger partial charge >= 0.3 is 0 Å². The highest BCUT2D eigenvalue weighted by Gasteiger charge is 2.39. The van der Waals surface area contributed by atoms with Crippen LogP contribution in [-0.2, 0) is 9.59 Å². The monoisotopic (exact) mass is 324 g/mol. The highest BCUT2D eigenvalue weighted by atomic mass is 16.6. The minimum Gasteiger partial charge on any atom is -0.507 e. The van der Waals surface area contributed by atoms with Crippen LogP contribution in [0.5, 0.6) is 0 Å². The Morgan fingerprint density at radius 3 is 2.46 bits per heavy atom. The van der Waals surface area contributed by atoms with Gasteiger partial charge in [0.05, 0.1) is 16.5 Å². The number of benzene rings is 2. The highest BCUT2D eigenvalue weighted by molar-refractivity contribution is 6.46. The number of carbonyl (C=O) groups is 2. The molecule has 1 saturated heterocycles. The molecule has 0 saturated carbocycles. The molecule has 24 heavy (non-hydrogen) atoms. The number of non-ortho nitro benzene ring substituents is 1. The van der Waals surface area contributed by atoms with Crippen molar-refractivity contribution in [1.82, 2.24) is 5.32 Å². The third-order valence-corrected chi connectivity index (χ3v) is 3.73. The van der Waals surface area contributed by atoms with Gasteiger partial charge in [-0.15, -0.1) is 0 Å². The van der Waals surface area contributed by atoms with Crippen molar-refractivity contribution in [1.29, 1.82) is 0 Å². The molecule has 0 spiro atoms. The fourth-order valence-corrected chi connectivity index (χ4v) is 2.59. The minimum atomic E-state index is -0.940. The number of nitrogens with zero attached hydrogens (tertiary/aromatic N) is 1. The van der Waals surface area contributed by atoms with Crippen molar-refractivity contribution in [2.75, 3.05) is 0 Å². The second-order valence-corrected chi connectivity index (χ2v) is 5.22. The second kappa shape index (κ2) is 5.96. The van der Waals surface area contributed by atoms with Gasteiger partial charge in [0.1, 0.15) is 5.76 Å². The number of amides is 1. The molecular formula is C17H12N2O5. The van der Waals surface area contributed by atoms with Crippen LogP contribution in [0.15, 0.2) is 60.2 Å². The molecule has 1 fully saturated rings. The Kier molecular flexibility index (Phi) is 3.83. The molecule has 120 valence electrons. The lowest BCUT2D eigenvalue weighted by Crippen LogP contribution is -2.21. The average Bonchev–Trinajstić information content (AvgIpc) is 2.90. The van der Waals surface area contributed by atoms with Crippen LogP contribution in [0.2, 0.25) is 0 Å². The van der Waals surface area contributed by atoms with Crippen molar-refractivity contribution in [3.63, 3.8) is 0 Å². The lowest BCUT2D eigenvalue weighted by molar-refractivity contribution is -0.384. The maximum atomic E-state index is 12.2. The van der Waals surface area contributed by atoms with E-state index in [0.29, 0.717) is 11.1 Å². The zero-order valence-corrected chi connectivity index (χ0v) is 12.3. The molecule has 0 unspecified atom stereocenters. The zero-order chi connectivity index (χ0) is 17.3. The maximum absolute atomic E-state index is 12.2. The molecule has 7 nitrogen and oxygen atoms in total. The van der Waals surface area contributed by atoms with E-state index in [-0.39, 0.29) is 17.0 Å². The first kappa shape index (κ1) is 15.4. The van der Waals surface area contributed by atoms with Crippen LogP contribution in [0.25, 0.3) is 5.76 Å². The van der Waals surface area contributed by atoms with Gasteiger partial charge in [-0.3, -0.25) is 19.7 Å². The van der Waals surface area contributed by atoms with E-state index in [1.54, 1.807) is 36.4 Å². The van der Waals surface area contributed by atoms with Crippen molar-refractivity contribution in [2.45, 2.75) is 6.04 Å². The summed E-state index contributed by atoms with van der Waals surface area (Å²) in [4.78, 5) is 34.3. The summed E-state index contributed by atoms with van der Waals surface area (Å²) in [5.41, 5.74) is 0.444. The van der Waals surface area contributed by atoms with Gasteiger partial charge in [-0.2, -0.15) is 0 Å². The molecule has 0 bridgehead atoms. The number of Topliss-reactive ketones (excluding diaryl/α,β-unsaturated/α-hetero) is 1. The summed E-state index contributed by atoms with van der Waals surface area (Å²) < 4.78 is 0. The molecule has 2 aromatic carbocycles. The third kappa shape index (κ3) is 2.63. The third-order valence-electron chi connectivity index (χ3n) is 3.73. The van der Waals surface area contributed by atoms with Gasteiger partial charge in [-0.25, -0.2) is 0 Å². The van der Waals surface area contributed by atoms with Gasteiger partial charge in [-0.1, -0.05) is 42.5 Å². The molecule has 3 rings (SSSR count). The number of ketones is 1. The average molecular weight is 324 g/mol. The standard InChI is InChI=1S/C17H12N2O5/c20-15(10-5-2-1-3-6-10)13-14(18-17(22)16(13)21)11-7-4-8-12(9-11)19(23)24/h1-9,14,20H,(H,18,22)/b15-13-/t14-/m0/s1. The first-order valence-corrected chi connectivity index (χ1v) is 7.07. The number of aliphatic hydroxyl groups excluding tert-OH is 1. The number of hydrogen-bond acceptors (Lipinski definition) is 5. The van der Waals surface area contributed by atoms with Crippen LogP contribution in [0, 0.1) is 10.1 Å². The largest absolute Gasteiger partial charge is 0.507 e. The van der Waals surface area contributed by atoms with Crippen LogP contribution in [0.3, 0.4) is 0 Å². The lowest BCUT2D eigenvalue weighted by atomic mass is 9.95. The van der Waals surface area contributed by atoms with Crippen LogP contribution in [0.1, 0.15) is 17.2 Å². The van der Waals surface area contributed by atoms with Crippen molar-refractivity contribution < 1.29 is 19.6 Å². The van der Waals surface area contributed by atoms with Crippen molar-refractivity contribution >= 4 is 23.1 Å². The van der Waals surface area contributed by atoms with Gasteiger partial charge in [0, 0.05) is 17.7 Å². The van der Waals surface area contributed by atoms with Crippen LogP contribution in [-0.4, -0.2) is 21.7 Å². The van der Waals surface area contributed by atoms with Crippen molar-refractivity contribution in [2.24, 2.45) is 0 Å². The molecule has 2 N–H and O–H groups in total. The Balaban J connectivity index is 2.13. The fraction of sp³-hybridized carbons (Fsp3) is 0.0588. The van der Waals surface area contributed by atoms with Crippen LogP contribution < -0.4 is 5.32 Å². The number of nitrogens with one attached hydrogen (secondary N) is 1. The summed E-state index contributed by atoms with van der Waals surface area (Å²) in [6, 6.07) is 13.0. The van der Waals surface area contributed by atoms with Crippen LogP contribution >= 0.6 is 0 Å². The quantitative estimate of drug-likeness (QED) is 0.296. The number of rotatable bonds is 3. The molecule has 0 aliphatic carbocycles. The predicted molar refractivity (Wildman–Crippen MR) is 85.0 cm³/mol. The molecular weight excluding hydrogens is 312 g/mol. The van der Waals surface area contributed by atoms with E-state index in [1.807, 2.05) is 0 Å². The lowest BCUT2D eigenvalue weighted by Gasteiger charge is -2.13. The summed E-state index contributed by atoms with van der Waals surface area (Å²) in [5.74, 6) is -2.03. The van der Waals surface area contributed by atoms with Gasteiger partial charge < -0.3 is 10.4 Å². The van der Waals surface area contributed by atoms with E-state index in [1.165, 1.54) is 18.2 Å². The maximum Gasteiger partial charge on any atom is 0.293 e. The molecule has 0 aromatic heterocycles. The predicted octanol–water partition coefficient (Wildman–Crippen LogP) is 2.30. The number of nitro benzene ring substituents is 1. The van der Waals surface area contributed by atoms with Gasteiger partial charge in [0.15, 0.2) is 0 Å². The molecule has 1 amide bonds. The highest BCUT2D eigenvalue weighted by Crippen LogP contribution is 2.33.